The van der Waals surface area contributed by atoms with Gasteiger partial charge < -0.3 is 11.5 Å². The Morgan fingerprint density at radius 3 is 2.75 bits per heavy atom. The van der Waals surface area contributed by atoms with Crippen LogP contribution in [0.3, 0.4) is 0 Å². The zero-order chi connectivity index (χ0) is 5.11. The average molecular weight is 141 g/mol. The van der Waals surface area contributed by atoms with Crippen molar-refractivity contribution in [2.45, 2.75) is 13.0 Å². The van der Waals surface area contributed by atoms with Crippen molar-refractivity contribution < 1.29 is 57.5 Å². The Balaban J connectivity index is 0. The van der Waals surface area contributed by atoms with Crippen LogP contribution >= 0.6 is 0 Å². The molecule has 1 saturated heterocycles. The van der Waals surface area contributed by atoms with Gasteiger partial charge in [0.05, 0.1) is 12.7 Å². The van der Waals surface area contributed by atoms with Gasteiger partial charge in [-0.2, -0.15) is 0 Å². The van der Waals surface area contributed by atoms with Gasteiger partial charge in [0.1, 0.15) is 0 Å². The molecule has 8 heavy (non-hydrogen) atoms. The first kappa shape index (κ1) is 9.56. The number of nitrogens with one attached hydrogen (secondary N) is 1. The Morgan fingerprint density at radius 1 is 1.75 bits per heavy atom. The summed E-state index contributed by atoms with van der Waals surface area (Å²) in [4.78, 5) is 0. The van der Waals surface area contributed by atoms with Crippen LogP contribution in [0, 0.1) is 0 Å². The van der Waals surface area contributed by atoms with Crippen molar-refractivity contribution in [3.8, 4) is 0 Å². The minimum absolute atomic E-state index is 0. The molecule has 1 atom stereocenters. The van der Waals surface area contributed by atoms with Crippen molar-refractivity contribution in [2.24, 2.45) is 0 Å². The first-order valence-electron chi connectivity index (χ1n) is 2.72. The Labute approximate surface area is 94.3 Å². The van der Waals surface area contributed by atoms with E-state index >= 15 is 0 Å². The van der Waals surface area contributed by atoms with Crippen LogP contribution in [0.15, 0.2) is 0 Å². The second-order valence-electron chi connectivity index (χ2n) is 1.89. The molecule has 0 spiro atoms. The van der Waals surface area contributed by atoms with Crippen molar-refractivity contribution in [1.82, 2.24) is 5.32 Å². The summed E-state index contributed by atoms with van der Waals surface area (Å²) < 4.78 is 5.22. The molecule has 1 rings (SSSR count). The van der Waals surface area contributed by atoms with Crippen molar-refractivity contribution in [2.75, 3.05) is 19.7 Å². The minimum atomic E-state index is 0. The molecular weight excluding hydrogens is 129 g/mol. The minimum Gasteiger partial charge on any atom is -1.00 e. The summed E-state index contributed by atoms with van der Waals surface area (Å²) in [7, 11) is 0. The van der Waals surface area contributed by atoms with Gasteiger partial charge in [-0.15, -0.1) is 0 Å². The van der Waals surface area contributed by atoms with Gasteiger partial charge in [-0.1, -0.05) is 0 Å². The molecule has 1 unspecified atom stereocenters. The van der Waals surface area contributed by atoms with Gasteiger partial charge in [0.25, 0.3) is 0 Å². The summed E-state index contributed by atoms with van der Waals surface area (Å²) >= 11 is 0. The second kappa shape index (κ2) is 5.35. The fourth-order valence-corrected chi connectivity index (χ4v) is 0.697. The first-order chi connectivity index (χ1) is 3.39. The van der Waals surface area contributed by atoms with E-state index in [9.17, 15) is 0 Å². The van der Waals surface area contributed by atoms with Crippen LogP contribution in [-0.4, -0.2) is 25.8 Å². The average Bonchev–Trinajstić information content (AvgIpc) is 1.69. The first-order valence-corrected chi connectivity index (χ1v) is 2.72. The largest absolute Gasteiger partial charge is 1.00 e. The summed E-state index contributed by atoms with van der Waals surface area (Å²) in [5.74, 6) is 0. The zero-order valence-electron chi connectivity index (χ0n) is 6.61. The van der Waals surface area contributed by atoms with Gasteiger partial charge in [0.15, 0.2) is 0 Å². The predicted molar refractivity (Wildman–Crippen MR) is 29.4 cm³/mol. The summed E-state index contributed by atoms with van der Waals surface area (Å²) in [5.41, 5.74) is 0. The van der Waals surface area contributed by atoms with E-state index in [-0.39, 0.29) is 52.8 Å². The third kappa shape index (κ3) is 3.56. The molecule has 0 amide bonds. The normalized spacial score (nSPS) is 28.9. The van der Waals surface area contributed by atoms with E-state index < -0.39 is 0 Å². The molecule has 0 bridgehead atoms. The summed E-state index contributed by atoms with van der Waals surface area (Å²) in [6.45, 7) is 4.98. The van der Waals surface area contributed by atoms with E-state index in [1.54, 1.807) is 0 Å². The zero-order valence-corrected chi connectivity index (χ0v) is 8.73. The van der Waals surface area contributed by atoms with E-state index in [1.165, 1.54) is 0 Å². The number of hydrogen-bond acceptors (Lipinski definition) is 2. The van der Waals surface area contributed by atoms with Gasteiger partial charge in [0.2, 0.25) is 0 Å². The van der Waals surface area contributed by atoms with E-state index in [4.69, 9.17) is 4.74 Å². The molecular formula is C5H12KNO. The van der Waals surface area contributed by atoms with Crippen LogP contribution < -0.4 is 56.7 Å². The summed E-state index contributed by atoms with van der Waals surface area (Å²) in [6.07, 6.45) is 0.425. The molecule has 0 aromatic heterocycles. The van der Waals surface area contributed by atoms with Crippen LogP contribution in [0.1, 0.15) is 8.35 Å². The van der Waals surface area contributed by atoms with Crippen LogP contribution in [0.4, 0.5) is 0 Å². The molecule has 1 aliphatic heterocycles. The van der Waals surface area contributed by atoms with Crippen molar-refractivity contribution >= 4 is 0 Å². The van der Waals surface area contributed by atoms with E-state index in [1.807, 2.05) is 0 Å². The fraction of sp³-hybridized carbons (Fsp3) is 1.00. The summed E-state index contributed by atoms with van der Waals surface area (Å²) in [6, 6.07) is 0. The van der Waals surface area contributed by atoms with Crippen molar-refractivity contribution in [1.29, 1.82) is 0 Å². The molecule has 3 heteroatoms. The van der Waals surface area contributed by atoms with Crippen LogP contribution in [0.25, 0.3) is 0 Å². The molecule has 1 heterocycles. The topological polar surface area (TPSA) is 21.3 Å². The van der Waals surface area contributed by atoms with Crippen LogP contribution in [0.5, 0.6) is 0 Å². The maximum absolute atomic E-state index is 5.22. The van der Waals surface area contributed by atoms with Gasteiger partial charge in [-0.05, 0) is 6.92 Å². The van der Waals surface area contributed by atoms with Crippen LogP contribution in [0.2, 0.25) is 0 Å². The quantitative estimate of drug-likeness (QED) is 0.366. The standard InChI is InChI=1S/C5H11NO.K.H/c1-5-4-6-2-3-7-5;;/h5-6H,2-4H2,1H3;;/q;+1;-1. The molecule has 44 valence electrons. The third-order valence-electron chi connectivity index (χ3n) is 1.11. The van der Waals surface area contributed by atoms with Crippen molar-refractivity contribution in [3.63, 3.8) is 0 Å². The van der Waals surface area contributed by atoms with Crippen LogP contribution in [-0.2, 0) is 4.74 Å². The predicted octanol–water partition coefficient (Wildman–Crippen LogP) is -2.89. The van der Waals surface area contributed by atoms with Gasteiger partial charge in [-0.25, -0.2) is 0 Å². The molecule has 2 nitrogen and oxygen atoms in total. The molecule has 0 aliphatic carbocycles. The molecule has 0 aromatic rings. The number of rotatable bonds is 0. The van der Waals surface area contributed by atoms with Crippen molar-refractivity contribution in [3.05, 3.63) is 0 Å². The number of hydrogen-bond donors (Lipinski definition) is 1. The molecule has 0 saturated carbocycles. The van der Waals surface area contributed by atoms with E-state index in [0.29, 0.717) is 6.10 Å². The second-order valence-corrected chi connectivity index (χ2v) is 1.89. The molecule has 1 N–H and O–H groups in total. The fourth-order valence-electron chi connectivity index (χ4n) is 0.697. The molecule has 1 aliphatic rings. The van der Waals surface area contributed by atoms with Gasteiger partial charge in [-0.3, -0.25) is 0 Å². The van der Waals surface area contributed by atoms with Gasteiger partial charge in [0, 0.05) is 13.1 Å². The molecule has 1 fully saturated rings. The Bertz CT molecular complexity index is 58.9. The molecule has 0 aromatic carbocycles. The third-order valence-corrected chi connectivity index (χ3v) is 1.11. The smallest absolute Gasteiger partial charge is 1.00 e. The summed E-state index contributed by atoms with van der Waals surface area (Å²) in [5, 5.41) is 3.21. The maximum atomic E-state index is 5.22. The van der Waals surface area contributed by atoms with Gasteiger partial charge >= 0.3 is 51.4 Å². The Hall–Kier alpha value is 1.56. The SMILES string of the molecule is CC1CNCCO1.[H-].[K+]. The molecule has 0 radical (unpaired) electrons. The van der Waals surface area contributed by atoms with E-state index in [2.05, 4.69) is 12.2 Å². The Morgan fingerprint density at radius 2 is 2.50 bits per heavy atom. The monoisotopic (exact) mass is 141 g/mol. The number of ether oxygens (including phenoxy) is 1. The maximum Gasteiger partial charge on any atom is 1.00 e. The Kier molecular flexibility index (Phi) is 6.39. The van der Waals surface area contributed by atoms with E-state index in [0.717, 1.165) is 19.7 Å². The number of morpholine rings is 1.